The molecule has 10 heteroatoms. The second-order valence-corrected chi connectivity index (χ2v) is 20.1. The van der Waals surface area contributed by atoms with E-state index in [9.17, 15) is 9.18 Å². The van der Waals surface area contributed by atoms with Crippen LogP contribution in [0.25, 0.3) is 10.9 Å². The molecular weight excluding hydrogens is 585 g/mol. The molecule has 1 amide bonds. The number of amides is 1. The van der Waals surface area contributed by atoms with Gasteiger partial charge in [-0.05, 0) is 83.3 Å². The topological polar surface area (TPSA) is 65.8 Å². The summed E-state index contributed by atoms with van der Waals surface area (Å²) in [4.78, 5) is 14.5. The number of benzene rings is 2. The molecule has 0 radical (unpaired) electrons. The highest BCUT2D eigenvalue weighted by molar-refractivity contribution is 6.76. The van der Waals surface area contributed by atoms with E-state index in [1.165, 1.54) is 12.1 Å². The number of carbonyl (C=O) groups is 1. The Kier molecular flexibility index (Phi) is 10.3. The van der Waals surface area contributed by atoms with Crippen molar-refractivity contribution in [2.45, 2.75) is 97.0 Å². The molecule has 2 heterocycles. The smallest absolute Gasteiger partial charge is 0.410 e. The van der Waals surface area contributed by atoms with Crippen LogP contribution in [-0.2, 0) is 26.4 Å². The number of piperidine rings is 1. The van der Waals surface area contributed by atoms with Crippen molar-refractivity contribution in [3.8, 4) is 0 Å². The van der Waals surface area contributed by atoms with Crippen LogP contribution in [0.3, 0.4) is 0 Å². The van der Waals surface area contributed by atoms with E-state index in [2.05, 4.69) is 19.6 Å². The molecule has 0 saturated carbocycles. The van der Waals surface area contributed by atoms with Crippen LogP contribution in [0, 0.1) is 12.7 Å². The van der Waals surface area contributed by atoms with Crippen LogP contribution < -0.4 is 0 Å². The lowest BCUT2D eigenvalue weighted by molar-refractivity contribution is -0.00935. The van der Waals surface area contributed by atoms with Crippen LogP contribution in [0.2, 0.25) is 30.7 Å². The monoisotopic (exact) mass is 631 g/mol. The van der Waals surface area contributed by atoms with Crippen molar-refractivity contribution >= 4 is 36.7 Å². The third-order valence-electron chi connectivity index (χ3n) is 8.19. The van der Waals surface area contributed by atoms with Crippen molar-refractivity contribution in [2.24, 2.45) is 0 Å². The van der Waals surface area contributed by atoms with E-state index < -0.39 is 19.1 Å². The summed E-state index contributed by atoms with van der Waals surface area (Å²) >= 11 is 6.60. The van der Waals surface area contributed by atoms with E-state index in [1.54, 1.807) is 4.90 Å². The van der Waals surface area contributed by atoms with Gasteiger partial charge < -0.3 is 19.1 Å². The summed E-state index contributed by atoms with van der Waals surface area (Å²) in [5.74, 6) is -0.281. The van der Waals surface area contributed by atoms with Crippen molar-refractivity contribution in [2.75, 3.05) is 26.3 Å². The quantitative estimate of drug-likeness (QED) is 0.166. The van der Waals surface area contributed by atoms with Gasteiger partial charge in [0.1, 0.15) is 18.1 Å². The molecule has 4 rings (SSSR count). The Balaban J connectivity index is 1.53. The maximum Gasteiger partial charge on any atom is 0.410 e. The lowest BCUT2D eigenvalue weighted by Crippen LogP contribution is -2.48. The SMILES string of the molecule is Cc1c2cc(Cl)cc(C(C)OCC3(c4ccc(F)cc4)CCN(C(=O)OC(C)(C)C)CC3)c2nn1COCC[Si](C)(C)C. The number of hydrogen-bond donors (Lipinski definition) is 0. The highest BCUT2D eigenvalue weighted by atomic mass is 35.5. The Morgan fingerprint density at radius 3 is 2.40 bits per heavy atom. The van der Waals surface area contributed by atoms with E-state index >= 15 is 0 Å². The maximum atomic E-state index is 13.9. The number of halogens is 2. The van der Waals surface area contributed by atoms with Gasteiger partial charge in [-0.2, -0.15) is 5.10 Å². The Hall–Kier alpha value is -2.46. The van der Waals surface area contributed by atoms with Gasteiger partial charge in [0.05, 0.1) is 18.2 Å². The lowest BCUT2D eigenvalue weighted by Gasteiger charge is -2.42. The summed E-state index contributed by atoms with van der Waals surface area (Å²) in [6.45, 7) is 19.2. The molecule has 3 aromatic rings. The third kappa shape index (κ3) is 8.59. The molecule has 1 aliphatic rings. The molecule has 7 nitrogen and oxygen atoms in total. The molecule has 1 saturated heterocycles. The first-order chi connectivity index (χ1) is 20.1. The number of aromatic nitrogens is 2. The second kappa shape index (κ2) is 13.3. The fourth-order valence-corrected chi connectivity index (χ4v) is 6.43. The fourth-order valence-electron chi connectivity index (χ4n) is 5.45. The lowest BCUT2D eigenvalue weighted by atomic mass is 9.73. The van der Waals surface area contributed by atoms with E-state index in [0.717, 1.165) is 40.4 Å². The van der Waals surface area contributed by atoms with E-state index in [4.69, 9.17) is 30.9 Å². The van der Waals surface area contributed by atoms with Crippen LogP contribution >= 0.6 is 11.6 Å². The summed E-state index contributed by atoms with van der Waals surface area (Å²) in [5.41, 5.74) is 2.80. The van der Waals surface area contributed by atoms with Crippen molar-refractivity contribution < 1.29 is 23.4 Å². The summed E-state index contributed by atoms with van der Waals surface area (Å²) in [7, 11) is -1.18. The van der Waals surface area contributed by atoms with Crippen molar-refractivity contribution in [1.29, 1.82) is 0 Å². The molecule has 1 fully saturated rings. The largest absolute Gasteiger partial charge is 0.444 e. The zero-order chi connectivity index (χ0) is 31.6. The summed E-state index contributed by atoms with van der Waals surface area (Å²) in [6.07, 6.45) is 0.708. The zero-order valence-corrected chi connectivity index (χ0v) is 28.7. The maximum absolute atomic E-state index is 13.9. The Morgan fingerprint density at radius 2 is 1.79 bits per heavy atom. The Morgan fingerprint density at radius 1 is 1.14 bits per heavy atom. The minimum Gasteiger partial charge on any atom is -0.444 e. The first-order valence-electron chi connectivity index (χ1n) is 15.2. The molecule has 0 aliphatic carbocycles. The highest BCUT2D eigenvalue weighted by Gasteiger charge is 2.39. The molecule has 1 aliphatic heterocycles. The average molecular weight is 632 g/mol. The van der Waals surface area contributed by atoms with Gasteiger partial charge in [0, 0.05) is 54.9 Å². The molecule has 2 aromatic carbocycles. The predicted octanol–water partition coefficient (Wildman–Crippen LogP) is 8.50. The number of fused-ring (bicyclic) bond motifs is 1. The van der Waals surface area contributed by atoms with Gasteiger partial charge in [0.2, 0.25) is 0 Å². The standard InChI is InChI=1S/C33H47ClFN3O4Si/c1-23-28-19-26(34)20-29(30(28)36-38(23)22-40-17-18-43(6,7)8)24(2)41-21-33(25-9-11-27(35)12-10-25)13-15-37(16-14-33)31(39)42-32(3,4)5/h9-12,19-20,24H,13-18,21-22H2,1-8H3. The van der Waals surface area contributed by atoms with Gasteiger partial charge in [0.25, 0.3) is 0 Å². The van der Waals surface area contributed by atoms with Crippen LogP contribution in [0.4, 0.5) is 9.18 Å². The summed E-state index contributed by atoms with van der Waals surface area (Å²) in [6, 6.07) is 11.6. The first kappa shape index (κ1) is 33.4. The zero-order valence-electron chi connectivity index (χ0n) is 26.9. The molecule has 0 N–H and O–H groups in total. The summed E-state index contributed by atoms with van der Waals surface area (Å²) in [5, 5.41) is 6.51. The molecular formula is C33H47ClFN3O4Si. The molecule has 0 spiro atoms. The number of rotatable bonds is 10. The molecule has 1 atom stereocenters. The van der Waals surface area contributed by atoms with Gasteiger partial charge in [-0.15, -0.1) is 0 Å². The normalized spacial score (nSPS) is 16.5. The number of ether oxygens (including phenoxy) is 3. The number of aryl methyl sites for hydroxylation is 1. The molecule has 0 bridgehead atoms. The third-order valence-corrected chi connectivity index (χ3v) is 10.1. The Labute approximate surface area is 261 Å². The van der Waals surface area contributed by atoms with E-state index in [0.29, 0.717) is 44.3 Å². The van der Waals surface area contributed by atoms with Crippen LogP contribution in [-0.4, -0.2) is 60.8 Å². The number of carbonyl (C=O) groups excluding carboxylic acids is 1. The van der Waals surface area contributed by atoms with Crippen LogP contribution in [0.15, 0.2) is 36.4 Å². The summed E-state index contributed by atoms with van der Waals surface area (Å²) < 4.78 is 34.0. The van der Waals surface area contributed by atoms with Gasteiger partial charge >= 0.3 is 6.09 Å². The van der Waals surface area contributed by atoms with Crippen molar-refractivity contribution in [3.63, 3.8) is 0 Å². The number of hydrogen-bond acceptors (Lipinski definition) is 5. The van der Waals surface area contributed by atoms with Gasteiger partial charge in [0.15, 0.2) is 0 Å². The first-order valence-corrected chi connectivity index (χ1v) is 19.3. The minimum absolute atomic E-state index is 0.281. The highest BCUT2D eigenvalue weighted by Crippen LogP contribution is 2.39. The minimum atomic E-state index is -1.18. The molecule has 1 unspecified atom stereocenters. The molecule has 236 valence electrons. The molecule has 1 aromatic heterocycles. The van der Waals surface area contributed by atoms with E-state index in [1.807, 2.05) is 63.6 Å². The Bertz CT molecular complexity index is 1410. The van der Waals surface area contributed by atoms with Gasteiger partial charge in [-0.3, -0.25) is 0 Å². The predicted molar refractivity (Wildman–Crippen MR) is 173 cm³/mol. The molecule has 43 heavy (non-hydrogen) atoms. The van der Waals surface area contributed by atoms with E-state index in [-0.39, 0.29) is 18.0 Å². The van der Waals surface area contributed by atoms with Gasteiger partial charge in [-0.1, -0.05) is 43.4 Å². The number of nitrogens with zero attached hydrogens (tertiary/aromatic N) is 3. The number of likely N-dealkylation sites (tertiary alicyclic amines) is 1. The average Bonchev–Trinajstić information content (AvgIpc) is 3.23. The van der Waals surface area contributed by atoms with Crippen molar-refractivity contribution in [3.05, 3.63) is 64.1 Å². The van der Waals surface area contributed by atoms with Gasteiger partial charge in [-0.25, -0.2) is 13.9 Å². The van der Waals surface area contributed by atoms with Crippen LogP contribution in [0.5, 0.6) is 0 Å². The van der Waals surface area contributed by atoms with Crippen molar-refractivity contribution in [1.82, 2.24) is 14.7 Å². The second-order valence-electron chi connectivity index (χ2n) is 14.0. The fraction of sp³-hybridized carbons (Fsp3) is 0.576. The van der Waals surface area contributed by atoms with Crippen LogP contribution in [0.1, 0.15) is 63.5 Å².